The molecule has 1 N–H and O–H groups in total. The van der Waals surface area contributed by atoms with Gasteiger partial charge in [-0.2, -0.15) is 0 Å². The predicted molar refractivity (Wildman–Crippen MR) is 107 cm³/mol. The fraction of sp³-hybridized carbons (Fsp3) is 0.409. The van der Waals surface area contributed by atoms with Crippen LogP contribution in [0.3, 0.4) is 0 Å². The Morgan fingerprint density at radius 1 is 1.07 bits per heavy atom. The molecule has 4 rings (SSSR count). The number of piperazine rings is 1. The first-order valence-corrected chi connectivity index (χ1v) is 9.78. The molecular formula is C22H26FN3O2. The molecule has 2 aliphatic rings. The molecule has 0 spiro atoms. The molecule has 1 heterocycles. The molecule has 2 aromatic carbocycles. The van der Waals surface area contributed by atoms with Crippen LogP contribution in [0.15, 0.2) is 48.5 Å². The van der Waals surface area contributed by atoms with E-state index in [4.69, 9.17) is 4.74 Å². The van der Waals surface area contributed by atoms with Crippen molar-refractivity contribution in [2.24, 2.45) is 0 Å². The summed E-state index contributed by atoms with van der Waals surface area (Å²) in [5.74, 6) is 0.631. The van der Waals surface area contributed by atoms with Crippen molar-refractivity contribution in [1.82, 2.24) is 10.2 Å². The maximum absolute atomic E-state index is 14.0. The van der Waals surface area contributed by atoms with Gasteiger partial charge >= 0.3 is 6.03 Å². The van der Waals surface area contributed by atoms with E-state index in [1.807, 2.05) is 28.0 Å². The van der Waals surface area contributed by atoms with Crippen LogP contribution < -0.4 is 15.0 Å². The number of halogens is 1. The number of anilines is 1. The van der Waals surface area contributed by atoms with Crippen LogP contribution in [0.5, 0.6) is 5.75 Å². The van der Waals surface area contributed by atoms with Gasteiger partial charge in [-0.1, -0.05) is 24.3 Å². The van der Waals surface area contributed by atoms with Crippen molar-refractivity contribution in [3.63, 3.8) is 0 Å². The van der Waals surface area contributed by atoms with E-state index >= 15 is 0 Å². The number of nitrogens with one attached hydrogen (secondary N) is 1. The van der Waals surface area contributed by atoms with Crippen LogP contribution in [0.2, 0.25) is 0 Å². The zero-order chi connectivity index (χ0) is 19.6. The molecule has 0 aromatic heterocycles. The highest BCUT2D eigenvalue weighted by atomic mass is 19.1. The van der Waals surface area contributed by atoms with E-state index in [1.165, 1.54) is 11.6 Å². The van der Waals surface area contributed by atoms with Gasteiger partial charge in [0.1, 0.15) is 11.6 Å². The third kappa shape index (κ3) is 3.77. The standard InChI is InChI=1S/C22H26FN3O2/c1-28-18-8-6-17(7-9-18)22(10-11-22)16-24-21(27)26-14-12-25(13-15-26)20-5-3-2-4-19(20)23/h2-9H,10-16H2,1H3,(H,24,27). The summed E-state index contributed by atoms with van der Waals surface area (Å²) < 4.78 is 19.2. The Balaban J connectivity index is 1.30. The normalized spacial score (nSPS) is 17.9. The van der Waals surface area contributed by atoms with Crippen molar-refractivity contribution in [2.45, 2.75) is 18.3 Å². The molecular weight excluding hydrogens is 357 g/mol. The minimum atomic E-state index is -0.212. The third-order valence-electron chi connectivity index (χ3n) is 5.89. The summed E-state index contributed by atoms with van der Waals surface area (Å²) in [6, 6.07) is 14.9. The summed E-state index contributed by atoms with van der Waals surface area (Å²) in [6.07, 6.45) is 2.17. The molecule has 0 bridgehead atoms. The van der Waals surface area contributed by atoms with Crippen molar-refractivity contribution < 1.29 is 13.9 Å². The zero-order valence-corrected chi connectivity index (χ0v) is 16.2. The van der Waals surface area contributed by atoms with Gasteiger partial charge in [-0.05, 0) is 42.7 Å². The Kier molecular flexibility index (Phi) is 5.11. The van der Waals surface area contributed by atoms with Crippen molar-refractivity contribution >= 4 is 11.7 Å². The molecule has 0 unspecified atom stereocenters. The maximum atomic E-state index is 14.0. The number of hydrogen-bond acceptors (Lipinski definition) is 3. The number of carbonyl (C=O) groups excluding carboxylic acids is 1. The largest absolute Gasteiger partial charge is 0.497 e. The smallest absolute Gasteiger partial charge is 0.317 e. The summed E-state index contributed by atoms with van der Waals surface area (Å²) in [5, 5.41) is 3.11. The number of benzene rings is 2. The summed E-state index contributed by atoms with van der Waals surface area (Å²) in [7, 11) is 1.66. The molecule has 5 nitrogen and oxygen atoms in total. The van der Waals surface area contributed by atoms with Gasteiger partial charge < -0.3 is 19.9 Å². The van der Waals surface area contributed by atoms with Crippen molar-refractivity contribution in [3.8, 4) is 5.75 Å². The lowest BCUT2D eigenvalue weighted by Gasteiger charge is -2.36. The van der Waals surface area contributed by atoms with Gasteiger partial charge in [0.25, 0.3) is 0 Å². The lowest BCUT2D eigenvalue weighted by atomic mass is 9.96. The number of hydrogen-bond donors (Lipinski definition) is 1. The van der Waals surface area contributed by atoms with Crippen LogP contribution in [-0.4, -0.2) is 50.8 Å². The monoisotopic (exact) mass is 383 g/mol. The van der Waals surface area contributed by atoms with Crippen molar-refractivity contribution in [3.05, 3.63) is 59.9 Å². The summed E-state index contributed by atoms with van der Waals surface area (Å²) in [4.78, 5) is 16.4. The number of nitrogens with zero attached hydrogens (tertiary/aromatic N) is 2. The lowest BCUT2D eigenvalue weighted by Crippen LogP contribution is -2.52. The van der Waals surface area contributed by atoms with Crippen LogP contribution in [-0.2, 0) is 5.41 Å². The van der Waals surface area contributed by atoms with Crippen LogP contribution in [0.4, 0.5) is 14.9 Å². The first kappa shape index (κ1) is 18.6. The van der Waals surface area contributed by atoms with Gasteiger partial charge in [0.15, 0.2) is 0 Å². The molecule has 1 saturated carbocycles. The quantitative estimate of drug-likeness (QED) is 0.861. The molecule has 6 heteroatoms. The molecule has 1 saturated heterocycles. The average Bonchev–Trinajstić information content (AvgIpc) is 3.54. The van der Waals surface area contributed by atoms with Gasteiger partial charge in [0, 0.05) is 38.1 Å². The summed E-state index contributed by atoms with van der Waals surface area (Å²) in [5.41, 5.74) is 1.91. The highest BCUT2D eigenvalue weighted by molar-refractivity contribution is 5.75. The van der Waals surface area contributed by atoms with Gasteiger partial charge in [0.2, 0.25) is 0 Å². The Morgan fingerprint density at radius 2 is 1.75 bits per heavy atom. The fourth-order valence-corrected chi connectivity index (χ4v) is 3.88. The first-order valence-electron chi connectivity index (χ1n) is 9.78. The highest BCUT2D eigenvalue weighted by Crippen LogP contribution is 2.47. The van der Waals surface area contributed by atoms with Gasteiger partial charge in [-0.15, -0.1) is 0 Å². The van der Waals surface area contributed by atoms with E-state index in [9.17, 15) is 9.18 Å². The van der Waals surface area contributed by atoms with Crippen LogP contribution in [0, 0.1) is 5.82 Å². The zero-order valence-electron chi connectivity index (χ0n) is 16.2. The molecule has 1 aliphatic carbocycles. The minimum absolute atomic E-state index is 0.0343. The van der Waals surface area contributed by atoms with Crippen molar-refractivity contribution in [1.29, 1.82) is 0 Å². The third-order valence-corrected chi connectivity index (χ3v) is 5.89. The Morgan fingerprint density at radius 3 is 2.36 bits per heavy atom. The number of para-hydroxylation sites is 1. The molecule has 2 fully saturated rings. The van der Waals surface area contributed by atoms with Gasteiger partial charge in [0.05, 0.1) is 12.8 Å². The molecule has 2 amide bonds. The highest BCUT2D eigenvalue weighted by Gasteiger charge is 2.44. The van der Waals surface area contributed by atoms with Crippen LogP contribution in [0.25, 0.3) is 0 Å². The number of amides is 2. The van der Waals surface area contributed by atoms with E-state index in [0.29, 0.717) is 38.4 Å². The second-order valence-electron chi connectivity index (χ2n) is 7.59. The van der Waals surface area contributed by atoms with Gasteiger partial charge in [-0.3, -0.25) is 0 Å². The number of urea groups is 1. The fourth-order valence-electron chi connectivity index (χ4n) is 3.88. The summed E-state index contributed by atoms with van der Waals surface area (Å²) >= 11 is 0. The topological polar surface area (TPSA) is 44.8 Å². The molecule has 0 radical (unpaired) electrons. The average molecular weight is 383 g/mol. The SMILES string of the molecule is COc1ccc(C2(CNC(=O)N3CCN(c4ccccc4F)CC3)CC2)cc1. The minimum Gasteiger partial charge on any atom is -0.497 e. The van der Waals surface area contributed by atoms with E-state index in [0.717, 1.165) is 18.6 Å². The maximum Gasteiger partial charge on any atom is 0.317 e. The molecule has 1 aliphatic heterocycles. The molecule has 0 atom stereocenters. The Bertz CT molecular complexity index is 828. The predicted octanol–water partition coefficient (Wildman–Crippen LogP) is 3.40. The number of rotatable bonds is 5. The number of ether oxygens (including phenoxy) is 1. The van der Waals surface area contributed by atoms with Crippen LogP contribution in [0.1, 0.15) is 18.4 Å². The van der Waals surface area contributed by atoms with E-state index < -0.39 is 0 Å². The van der Waals surface area contributed by atoms with E-state index in [-0.39, 0.29) is 17.3 Å². The number of methoxy groups -OCH3 is 1. The molecule has 148 valence electrons. The van der Waals surface area contributed by atoms with Crippen LogP contribution >= 0.6 is 0 Å². The second kappa shape index (κ2) is 7.70. The van der Waals surface area contributed by atoms with E-state index in [2.05, 4.69) is 17.4 Å². The lowest BCUT2D eigenvalue weighted by molar-refractivity contribution is 0.193. The Hall–Kier alpha value is -2.76. The summed E-state index contributed by atoms with van der Waals surface area (Å²) in [6.45, 7) is 3.10. The number of carbonyl (C=O) groups is 1. The molecule has 2 aromatic rings. The first-order chi connectivity index (χ1) is 13.6. The second-order valence-corrected chi connectivity index (χ2v) is 7.59. The Labute approximate surface area is 165 Å². The van der Waals surface area contributed by atoms with E-state index in [1.54, 1.807) is 19.2 Å². The van der Waals surface area contributed by atoms with Crippen molar-refractivity contribution in [2.75, 3.05) is 44.7 Å². The molecule has 28 heavy (non-hydrogen) atoms. The van der Waals surface area contributed by atoms with Gasteiger partial charge in [-0.25, -0.2) is 9.18 Å².